The van der Waals surface area contributed by atoms with E-state index in [2.05, 4.69) is 9.47 Å². The van der Waals surface area contributed by atoms with Crippen LogP contribution in [0, 0.1) is 0 Å². The first kappa shape index (κ1) is 16.0. The average Bonchev–Trinajstić information content (AvgIpc) is 2.49. The summed E-state index contributed by atoms with van der Waals surface area (Å²) in [6.45, 7) is 0.909. The van der Waals surface area contributed by atoms with Crippen molar-refractivity contribution >= 4 is 11.9 Å². The first-order valence-electron chi connectivity index (χ1n) is 6.06. The lowest BCUT2D eigenvalue weighted by molar-refractivity contribution is 0.0582. The van der Waals surface area contributed by atoms with Gasteiger partial charge in [-0.1, -0.05) is 0 Å². The normalized spacial score (nSPS) is 9.95. The number of methoxy groups -OCH3 is 3. The number of ether oxygens (including phenoxy) is 4. The maximum absolute atomic E-state index is 11.6. The van der Waals surface area contributed by atoms with Gasteiger partial charge in [0.25, 0.3) is 0 Å². The minimum absolute atomic E-state index is 0.262. The van der Waals surface area contributed by atoms with Gasteiger partial charge in [0.05, 0.1) is 26.4 Å². The van der Waals surface area contributed by atoms with E-state index in [9.17, 15) is 9.59 Å². The van der Waals surface area contributed by atoms with Crippen LogP contribution >= 0.6 is 0 Å². The van der Waals surface area contributed by atoms with E-state index >= 15 is 0 Å². The molecule has 0 spiro atoms. The Labute approximate surface area is 117 Å². The highest BCUT2D eigenvalue weighted by molar-refractivity contribution is 5.96. The molecule has 1 aromatic rings. The van der Waals surface area contributed by atoms with Crippen LogP contribution in [0.3, 0.4) is 0 Å². The SMILES string of the molecule is COCCCOc1cc(C(=O)OC)ccc1C(=O)OC. The molecule has 0 unspecified atom stereocenters. The number of rotatable bonds is 7. The van der Waals surface area contributed by atoms with E-state index in [-0.39, 0.29) is 11.3 Å². The van der Waals surface area contributed by atoms with E-state index in [4.69, 9.17) is 9.47 Å². The number of carbonyl (C=O) groups is 2. The lowest BCUT2D eigenvalue weighted by atomic mass is 10.1. The second-order valence-electron chi connectivity index (χ2n) is 3.89. The van der Waals surface area contributed by atoms with Crippen LogP contribution in [0.15, 0.2) is 18.2 Å². The maximum Gasteiger partial charge on any atom is 0.341 e. The number of hydrogen-bond donors (Lipinski definition) is 0. The standard InChI is InChI=1S/C14H18O6/c1-17-7-4-8-20-12-9-10(13(15)18-2)5-6-11(12)14(16)19-3/h5-6,9H,4,7-8H2,1-3H3. The molecule has 0 amide bonds. The zero-order valence-electron chi connectivity index (χ0n) is 11.8. The Morgan fingerprint density at radius 3 is 2.30 bits per heavy atom. The van der Waals surface area contributed by atoms with E-state index in [1.807, 2.05) is 0 Å². The van der Waals surface area contributed by atoms with Gasteiger partial charge in [-0.05, 0) is 18.2 Å². The van der Waals surface area contributed by atoms with Gasteiger partial charge >= 0.3 is 11.9 Å². The summed E-state index contributed by atoms with van der Waals surface area (Å²) in [5.74, 6) is -0.734. The number of carbonyl (C=O) groups excluding carboxylic acids is 2. The number of esters is 2. The molecule has 1 rings (SSSR count). The zero-order valence-corrected chi connectivity index (χ0v) is 11.8. The van der Waals surface area contributed by atoms with Crippen molar-refractivity contribution in [2.75, 3.05) is 34.5 Å². The Hall–Kier alpha value is -2.08. The molecule has 1 aromatic carbocycles. The van der Waals surface area contributed by atoms with Crippen LogP contribution in [-0.4, -0.2) is 46.5 Å². The zero-order chi connectivity index (χ0) is 15.0. The Morgan fingerprint density at radius 1 is 1.00 bits per heavy atom. The van der Waals surface area contributed by atoms with Crippen molar-refractivity contribution in [2.45, 2.75) is 6.42 Å². The van der Waals surface area contributed by atoms with E-state index in [0.29, 0.717) is 25.2 Å². The lowest BCUT2D eigenvalue weighted by Gasteiger charge is -2.11. The van der Waals surface area contributed by atoms with Crippen molar-refractivity contribution in [2.24, 2.45) is 0 Å². The molecular weight excluding hydrogens is 264 g/mol. The summed E-state index contributed by atoms with van der Waals surface area (Å²) in [4.78, 5) is 23.1. The molecule has 6 nitrogen and oxygen atoms in total. The van der Waals surface area contributed by atoms with Gasteiger partial charge in [0.1, 0.15) is 11.3 Å². The molecule has 0 aromatic heterocycles. The van der Waals surface area contributed by atoms with Crippen molar-refractivity contribution in [3.8, 4) is 5.75 Å². The van der Waals surface area contributed by atoms with Gasteiger partial charge < -0.3 is 18.9 Å². The highest BCUT2D eigenvalue weighted by atomic mass is 16.5. The van der Waals surface area contributed by atoms with Gasteiger partial charge in [0.2, 0.25) is 0 Å². The summed E-state index contributed by atoms with van der Waals surface area (Å²) in [7, 11) is 4.17. The number of hydrogen-bond acceptors (Lipinski definition) is 6. The Balaban J connectivity index is 2.94. The highest BCUT2D eigenvalue weighted by Crippen LogP contribution is 2.22. The van der Waals surface area contributed by atoms with Gasteiger partial charge in [-0.15, -0.1) is 0 Å². The third kappa shape index (κ3) is 4.24. The van der Waals surface area contributed by atoms with Crippen molar-refractivity contribution in [3.63, 3.8) is 0 Å². The maximum atomic E-state index is 11.6. The Kier molecular flexibility index (Phi) is 6.52. The van der Waals surface area contributed by atoms with E-state index < -0.39 is 11.9 Å². The quantitative estimate of drug-likeness (QED) is 0.559. The van der Waals surface area contributed by atoms with Gasteiger partial charge in [-0.2, -0.15) is 0 Å². The fourth-order valence-electron chi connectivity index (χ4n) is 1.55. The minimum atomic E-state index is -0.525. The molecule has 0 atom stereocenters. The summed E-state index contributed by atoms with van der Waals surface area (Å²) >= 11 is 0. The summed E-state index contributed by atoms with van der Waals surface area (Å²) in [5, 5.41) is 0. The molecule has 0 saturated carbocycles. The molecule has 0 saturated heterocycles. The van der Waals surface area contributed by atoms with Crippen LogP contribution < -0.4 is 4.74 Å². The van der Waals surface area contributed by atoms with Crippen molar-refractivity contribution in [3.05, 3.63) is 29.3 Å². The Morgan fingerprint density at radius 2 is 1.70 bits per heavy atom. The molecular formula is C14H18O6. The van der Waals surface area contributed by atoms with Crippen molar-refractivity contribution in [1.29, 1.82) is 0 Å². The molecule has 6 heteroatoms. The molecule has 0 aliphatic rings. The van der Waals surface area contributed by atoms with Crippen molar-refractivity contribution < 1.29 is 28.5 Å². The second-order valence-corrected chi connectivity index (χ2v) is 3.89. The van der Waals surface area contributed by atoms with E-state index in [1.165, 1.54) is 32.4 Å². The highest BCUT2D eigenvalue weighted by Gasteiger charge is 2.16. The summed E-state index contributed by atoms with van der Waals surface area (Å²) in [5.41, 5.74) is 0.569. The van der Waals surface area contributed by atoms with Crippen LogP contribution in [0.5, 0.6) is 5.75 Å². The fourth-order valence-corrected chi connectivity index (χ4v) is 1.55. The number of benzene rings is 1. The van der Waals surface area contributed by atoms with Gasteiger partial charge in [-0.25, -0.2) is 9.59 Å². The van der Waals surface area contributed by atoms with Crippen LogP contribution in [0.2, 0.25) is 0 Å². The molecule has 0 aliphatic carbocycles. The monoisotopic (exact) mass is 282 g/mol. The largest absolute Gasteiger partial charge is 0.493 e. The van der Waals surface area contributed by atoms with E-state index in [1.54, 1.807) is 7.11 Å². The topological polar surface area (TPSA) is 71.1 Å². The molecule has 0 N–H and O–H groups in total. The second kappa shape index (κ2) is 8.16. The predicted molar refractivity (Wildman–Crippen MR) is 71.1 cm³/mol. The fraction of sp³-hybridized carbons (Fsp3) is 0.429. The minimum Gasteiger partial charge on any atom is -0.493 e. The van der Waals surface area contributed by atoms with Crippen LogP contribution in [0.4, 0.5) is 0 Å². The molecule has 0 aliphatic heterocycles. The van der Waals surface area contributed by atoms with Crippen LogP contribution in [0.1, 0.15) is 27.1 Å². The van der Waals surface area contributed by atoms with E-state index in [0.717, 1.165) is 0 Å². The summed E-state index contributed by atoms with van der Waals surface area (Å²) < 4.78 is 19.7. The lowest BCUT2D eigenvalue weighted by Crippen LogP contribution is -2.10. The van der Waals surface area contributed by atoms with Gasteiger partial charge in [0.15, 0.2) is 0 Å². The molecule has 20 heavy (non-hydrogen) atoms. The molecule has 0 radical (unpaired) electrons. The third-order valence-corrected chi connectivity index (χ3v) is 2.56. The third-order valence-electron chi connectivity index (χ3n) is 2.56. The van der Waals surface area contributed by atoms with Gasteiger partial charge in [-0.3, -0.25) is 0 Å². The van der Waals surface area contributed by atoms with Crippen molar-refractivity contribution in [1.82, 2.24) is 0 Å². The smallest absolute Gasteiger partial charge is 0.341 e. The molecule has 0 heterocycles. The summed E-state index contributed by atoms with van der Waals surface area (Å²) in [6, 6.07) is 4.43. The Bertz CT molecular complexity index is 469. The first-order chi connectivity index (χ1) is 9.63. The molecule has 0 bridgehead atoms. The van der Waals surface area contributed by atoms with Crippen LogP contribution in [-0.2, 0) is 14.2 Å². The van der Waals surface area contributed by atoms with Gasteiger partial charge in [0, 0.05) is 20.1 Å². The summed E-state index contributed by atoms with van der Waals surface area (Å²) in [6.07, 6.45) is 0.666. The van der Waals surface area contributed by atoms with Crippen LogP contribution in [0.25, 0.3) is 0 Å². The first-order valence-corrected chi connectivity index (χ1v) is 6.06. The molecule has 110 valence electrons. The average molecular weight is 282 g/mol. The molecule has 0 fully saturated rings. The predicted octanol–water partition coefficient (Wildman–Crippen LogP) is 1.68.